The van der Waals surface area contributed by atoms with Crippen molar-refractivity contribution >= 4 is 27.5 Å². The van der Waals surface area contributed by atoms with Gasteiger partial charge in [0, 0.05) is 16.6 Å². The van der Waals surface area contributed by atoms with Crippen molar-refractivity contribution in [1.82, 2.24) is 14.8 Å². The Labute approximate surface area is 120 Å². The molecule has 1 aromatic heterocycles. The fourth-order valence-corrected chi connectivity index (χ4v) is 2.76. The summed E-state index contributed by atoms with van der Waals surface area (Å²) in [5.74, 6) is 2.08. The lowest BCUT2D eigenvalue weighted by atomic mass is 10.1. The van der Waals surface area contributed by atoms with Crippen LogP contribution in [-0.4, -0.2) is 14.8 Å². The molecule has 0 aliphatic carbocycles. The van der Waals surface area contributed by atoms with Crippen molar-refractivity contribution in [3.05, 3.63) is 34.1 Å². The van der Waals surface area contributed by atoms with Crippen molar-refractivity contribution in [2.75, 3.05) is 0 Å². The second-order valence-electron chi connectivity index (χ2n) is 4.21. The minimum atomic E-state index is 0.385. The monoisotopic (exact) mass is 327 g/mol. The van der Waals surface area contributed by atoms with Gasteiger partial charge in [-0.25, -0.2) is 0 Å². The molecule has 0 aliphatic heterocycles. The van der Waals surface area contributed by atoms with Crippen molar-refractivity contribution in [1.29, 1.82) is 0 Å². The second kappa shape index (κ2) is 5.85. The fraction of sp³-hybridized carbons (Fsp3) is 0.385. The first kappa shape index (κ1) is 13.6. The fourth-order valence-electron chi connectivity index (χ4n) is 1.89. The maximum atomic E-state index is 5.90. The van der Waals surface area contributed by atoms with Crippen LogP contribution in [0.3, 0.4) is 0 Å². The molecule has 0 amide bonds. The van der Waals surface area contributed by atoms with Crippen molar-refractivity contribution < 1.29 is 0 Å². The summed E-state index contributed by atoms with van der Waals surface area (Å²) in [5.41, 5.74) is 2.27. The maximum absolute atomic E-state index is 5.90. The lowest BCUT2D eigenvalue weighted by molar-refractivity contribution is 0.659. The number of hydrogen-bond donors (Lipinski definition) is 0. The molecular weight excluding hydrogens is 314 g/mol. The topological polar surface area (TPSA) is 30.7 Å². The van der Waals surface area contributed by atoms with Gasteiger partial charge in [0.05, 0.1) is 5.88 Å². The van der Waals surface area contributed by atoms with E-state index in [2.05, 4.69) is 62.7 Å². The summed E-state index contributed by atoms with van der Waals surface area (Å²) in [4.78, 5) is 0. The van der Waals surface area contributed by atoms with E-state index in [4.69, 9.17) is 11.6 Å². The Morgan fingerprint density at radius 3 is 2.72 bits per heavy atom. The average molecular weight is 329 g/mol. The summed E-state index contributed by atoms with van der Waals surface area (Å²) in [6, 6.07) is 6.22. The molecule has 2 rings (SSSR count). The first-order valence-electron chi connectivity index (χ1n) is 5.92. The highest BCUT2D eigenvalue weighted by Crippen LogP contribution is 2.28. The number of nitrogens with zero attached hydrogens (tertiary/aromatic N) is 3. The van der Waals surface area contributed by atoms with Crippen molar-refractivity contribution in [2.24, 2.45) is 0 Å². The molecule has 0 spiro atoms. The second-order valence-corrected chi connectivity index (χ2v) is 5.33. The van der Waals surface area contributed by atoms with E-state index in [1.165, 1.54) is 5.56 Å². The van der Waals surface area contributed by atoms with E-state index in [9.17, 15) is 0 Å². The molecule has 0 fully saturated rings. The Hall–Kier alpha value is -0.870. The number of hydrogen-bond acceptors (Lipinski definition) is 2. The van der Waals surface area contributed by atoms with Crippen LogP contribution in [0.25, 0.3) is 11.4 Å². The molecule has 0 N–H and O–H groups in total. The first-order valence-corrected chi connectivity index (χ1v) is 7.24. The quantitative estimate of drug-likeness (QED) is 0.789. The van der Waals surface area contributed by atoms with Gasteiger partial charge < -0.3 is 4.57 Å². The number of benzene rings is 1. The third kappa shape index (κ3) is 2.59. The smallest absolute Gasteiger partial charge is 0.165 e. The zero-order valence-corrected chi connectivity index (χ0v) is 12.8. The van der Waals surface area contributed by atoms with Crippen LogP contribution in [0.15, 0.2) is 22.7 Å². The summed E-state index contributed by atoms with van der Waals surface area (Å²) < 4.78 is 3.12. The molecule has 0 atom stereocenters. The van der Waals surface area contributed by atoms with Crippen LogP contribution in [0.5, 0.6) is 0 Å². The van der Waals surface area contributed by atoms with E-state index >= 15 is 0 Å². The highest BCUT2D eigenvalue weighted by atomic mass is 79.9. The molecule has 0 aliphatic rings. The van der Waals surface area contributed by atoms with E-state index in [1.54, 1.807) is 0 Å². The number of alkyl halides is 1. The summed E-state index contributed by atoms with van der Waals surface area (Å²) >= 11 is 9.48. The summed E-state index contributed by atoms with van der Waals surface area (Å²) in [6.07, 6.45) is 1.03. The molecule has 0 saturated carbocycles. The van der Waals surface area contributed by atoms with Crippen LogP contribution in [0.1, 0.15) is 24.7 Å². The highest BCUT2D eigenvalue weighted by molar-refractivity contribution is 9.10. The van der Waals surface area contributed by atoms with Gasteiger partial charge in [0.15, 0.2) is 5.82 Å². The van der Waals surface area contributed by atoms with Gasteiger partial charge in [0.2, 0.25) is 0 Å². The van der Waals surface area contributed by atoms with Crippen molar-refractivity contribution in [3.8, 4) is 11.4 Å². The van der Waals surface area contributed by atoms with Gasteiger partial charge in [-0.05, 0) is 31.0 Å². The predicted octanol–water partition coefficient (Wildman–Crippen LogP) is 4.16. The van der Waals surface area contributed by atoms with Crippen LogP contribution in [-0.2, 0) is 12.4 Å². The lowest BCUT2D eigenvalue weighted by Crippen LogP contribution is -2.04. The number of rotatable bonds is 4. The Kier molecular flexibility index (Phi) is 4.40. The summed E-state index contributed by atoms with van der Waals surface area (Å²) in [7, 11) is 0. The molecule has 0 radical (unpaired) electrons. The number of aryl methyl sites for hydroxylation is 1. The zero-order chi connectivity index (χ0) is 13.1. The van der Waals surface area contributed by atoms with Crippen LogP contribution in [0.4, 0.5) is 0 Å². The standard InChI is InChI=1S/C13H15BrClN3/c1-3-6-18-12(8-15)16-17-13(18)10-5-4-9(2)7-11(10)14/h4-5,7H,3,6,8H2,1-2H3. The largest absolute Gasteiger partial charge is 0.310 e. The SMILES string of the molecule is CCCn1c(CCl)nnc1-c1ccc(C)cc1Br. The summed E-state index contributed by atoms with van der Waals surface area (Å²) in [5, 5.41) is 8.42. The lowest BCUT2D eigenvalue weighted by Gasteiger charge is -2.09. The van der Waals surface area contributed by atoms with E-state index in [0.29, 0.717) is 5.88 Å². The molecule has 96 valence electrons. The zero-order valence-electron chi connectivity index (χ0n) is 10.5. The van der Waals surface area contributed by atoms with Crippen molar-refractivity contribution in [2.45, 2.75) is 32.7 Å². The molecule has 3 nitrogen and oxygen atoms in total. The van der Waals surface area contributed by atoms with Gasteiger partial charge in [-0.1, -0.05) is 28.9 Å². The average Bonchev–Trinajstić information content (AvgIpc) is 2.73. The van der Waals surface area contributed by atoms with Gasteiger partial charge >= 0.3 is 0 Å². The van der Waals surface area contributed by atoms with Crippen LogP contribution in [0.2, 0.25) is 0 Å². The molecule has 0 unspecified atom stereocenters. The normalized spacial score (nSPS) is 10.9. The van der Waals surface area contributed by atoms with Crippen LogP contribution < -0.4 is 0 Å². The molecule has 1 aromatic carbocycles. The minimum absolute atomic E-state index is 0.385. The molecule has 1 heterocycles. The molecule has 5 heteroatoms. The highest BCUT2D eigenvalue weighted by Gasteiger charge is 2.14. The van der Waals surface area contributed by atoms with E-state index < -0.39 is 0 Å². The Bertz CT molecular complexity index is 551. The van der Waals surface area contributed by atoms with Gasteiger partial charge in [0.1, 0.15) is 5.82 Å². The minimum Gasteiger partial charge on any atom is -0.310 e. The van der Waals surface area contributed by atoms with Gasteiger partial charge in [-0.2, -0.15) is 0 Å². The Morgan fingerprint density at radius 2 is 2.11 bits per heavy atom. The Morgan fingerprint density at radius 1 is 1.33 bits per heavy atom. The van der Waals surface area contributed by atoms with Gasteiger partial charge in [-0.15, -0.1) is 21.8 Å². The molecule has 18 heavy (non-hydrogen) atoms. The molecule has 2 aromatic rings. The number of aromatic nitrogens is 3. The van der Waals surface area contributed by atoms with E-state index in [0.717, 1.165) is 34.7 Å². The van der Waals surface area contributed by atoms with E-state index in [1.807, 2.05) is 0 Å². The van der Waals surface area contributed by atoms with Gasteiger partial charge in [-0.3, -0.25) is 0 Å². The van der Waals surface area contributed by atoms with E-state index in [-0.39, 0.29) is 0 Å². The Balaban J connectivity index is 2.52. The number of halogens is 2. The predicted molar refractivity (Wildman–Crippen MR) is 77.7 cm³/mol. The summed E-state index contributed by atoms with van der Waals surface area (Å²) in [6.45, 7) is 5.08. The first-order chi connectivity index (χ1) is 8.67. The van der Waals surface area contributed by atoms with Crippen LogP contribution in [0, 0.1) is 6.92 Å². The van der Waals surface area contributed by atoms with Gasteiger partial charge in [0.25, 0.3) is 0 Å². The molecular formula is C13H15BrClN3. The third-order valence-electron chi connectivity index (χ3n) is 2.76. The maximum Gasteiger partial charge on any atom is 0.165 e. The molecule has 0 bridgehead atoms. The van der Waals surface area contributed by atoms with Crippen molar-refractivity contribution in [3.63, 3.8) is 0 Å². The molecule has 0 saturated heterocycles. The third-order valence-corrected chi connectivity index (χ3v) is 3.65. The van der Waals surface area contributed by atoms with Crippen LogP contribution >= 0.6 is 27.5 Å².